The number of alkyl halides is 4. The number of nitrogens with one attached hydrogen (secondary N) is 2. The van der Waals surface area contributed by atoms with Gasteiger partial charge in [0.05, 0.1) is 24.5 Å². The monoisotopic (exact) mass is 380 g/mol. The summed E-state index contributed by atoms with van der Waals surface area (Å²) in [7, 11) is 0. The molecule has 4 N–H and O–H groups in total. The summed E-state index contributed by atoms with van der Waals surface area (Å²) in [5.41, 5.74) is 5.82. The minimum Gasteiger partial charge on any atom is -0.471 e. The molecule has 146 valence electrons. The smallest absolute Gasteiger partial charge is 0.340 e. The lowest BCUT2D eigenvalue weighted by Gasteiger charge is -2.16. The number of amides is 2. The van der Waals surface area contributed by atoms with Crippen LogP contribution in [0, 0.1) is 5.92 Å². The molecule has 1 atom stereocenters. The molecule has 0 aromatic carbocycles. The summed E-state index contributed by atoms with van der Waals surface area (Å²) in [5, 5.41) is 4.77. The van der Waals surface area contributed by atoms with Gasteiger partial charge in [0, 0.05) is 6.07 Å². The fourth-order valence-electron chi connectivity index (χ4n) is 1.57. The van der Waals surface area contributed by atoms with E-state index in [1.54, 1.807) is 13.8 Å². The molecule has 0 saturated carbocycles. The standard InChI is InChI=1S/C15H20F4N4O3/c1-8(2)12(20)13(25)22-6-10(24)23-9-3-4-11(21-5-9)26-7-15(18,19)14(16)17/h3-5,8,12,14H,6-7,20H2,1-2H3,(H,22,25)(H,23,24)/t12-/m0/s1. The molecule has 1 aromatic heterocycles. The van der Waals surface area contributed by atoms with E-state index in [1.807, 2.05) is 0 Å². The number of rotatable bonds is 9. The van der Waals surface area contributed by atoms with Crippen molar-refractivity contribution in [2.75, 3.05) is 18.5 Å². The van der Waals surface area contributed by atoms with Crippen molar-refractivity contribution in [1.82, 2.24) is 10.3 Å². The number of pyridine rings is 1. The first-order chi connectivity index (χ1) is 12.0. The van der Waals surface area contributed by atoms with E-state index in [-0.39, 0.29) is 24.0 Å². The van der Waals surface area contributed by atoms with Crippen molar-refractivity contribution >= 4 is 17.5 Å². The highest BCUT2D eigenvalue weighted by molar-refractivity contribution is 5.95. The Morgan fingerprint density at radius 2 is 1.96 bits per heavy atom. The summed E-state index contributed by atoms with van der Waals surface area (Å²) in [6, 6.07) is 1.67. The normalized spacial score (nSPS) is 12.8. The Labute approximate surface area is 147 Å². The van der Waals surface area contributed by atoms with Crippen LogP contribution in [-0.2, 0) is 9.59 Å². The van der Waals surface area contributed by atoms with Gasteiger partial charge in [-0.05, 0) is 12.0 Å². The lowest BCUT2D eigenvalue weighted by molar-refractivity contribution is -0.148. The highest BCUT2D eigenvalue weighted by Crippen LogP contribution is 2.23. The van der Waals surface area contributed by atoms with Crippen molar-refractivity contribution in [3.63, 3.8) is 0 Å². The van der Waals surface area contributed by atoms with Gasteiger partial charge >= 0.3 is 12.3 Å². The largest absolute Gasteiger partial charge is 0.471 e. The van der Waals surface area contributed by atoms with Gasteiger partial charge in [-0.25, -0.2) is 13.8 Å². The average Bonchev–Trinajstić information content (AvgIpc) is 2.58. The third-order valence-corrected chi connectivity index (χ3v) is 3.20. The molecule has 2 amide bonds. The highest BCUT2D eigenvalue weighted by atomic mass is 19.3. The molecule has 0 fully saturated rings. The van der Waals surface area contributed by atoms with Crippen molar-refractivity contribution in [1.29, 1.82) is 0 Å². The number of carbonyl (C=O) groups is 2. The van der Waals surface area contributed by atoms with Gasteiger partial charge in [0.25, 0.3) is 0 Å². The van der Waals surface area contributed by atoms with Crippen LogP contribution < -0.4 is 21.1 Å². The number of nitrogens with two attached hydrogens (primary N) is 1. The number of anilines is 1. The van der Waals surface area contributed by atoms with Crippen molar-refractivity contribution < 1.29 is 31.9 Å². The molecule has 11 heteroatoms. The van der Waals surface area contributed by atoms with Gasteiger partial charge in [0.1, 0.15) is 0 Å². The van der Waals surface area contributed by atoms with E-state index in [0.29, 0.717) is 0 Å². The lowest BCUT2D eigenvalue weighted by atomic mass is 10.1. The fraction of sp³-hybridized carbons (Fsp3) is 0.533. The second kappa shape index (κ2) is 9.32. The predicted molar refractivity (Wildman–Crippen MR) is 85.1 cm³/mol. The minimum atomic E-state index is -4.29. The Balaban J connectivity index is 2.47. The van der Waals surface area contributed by atoms with Crippen molar-refractivity contribution in [2.24, 2.45) is 11.7 Å². The molecule has 7 nitrogen and oxygen atoms in total. The van der Waals surface area contributed by atoms with Crippen LogP contribution in [0.1, 0.15) is 13.8 Å². The lowest BCUT2D eigenvalue weighted by Crippen LogP contribution is -2.46. The van der Waals surface area contributed by atoms with E-state index in [2.05, 4.69) is 20.4 Å². The van der Waals surface area contributed by atoms with Crippen LogP contribution in [0.3, 0.4) is 0 Å². The van der Waals surface area contributed by atoms with Gasteiger partial charge in [0.15, 0.2) is 6.61 Å². The van der Waals surface area contributed by atoms with E-state index >= 15 is 0 Å². The van der Waals surface area contributed by atoms with Gasteiger partial charge in [-0.1, -0.05) is 13.8 Å². The van der Waals surface area contributed by atoms with Gasteiger partial charge < -0.3 is 21.1 Å². The second-order valence-electron chi connectivity index (χ2n) is 5.77. The molecule has 1 aromatic rings. The summed E-state index contributed by atoms with van der Waals surface area (Å²) in [6.07, 6.45) is -2.75. The Bertz CT molecular complexity index is 611. The van der Waals surface area contributed by atoms with Crippen LogP contribution >= 0.6 is 0 Å². The Morgan fingerprint density at radius 1 is 1.31 bits per heavy atom. The number of carbonyl (C=O) groups excluding carboxylic acids is 2. The molecule has 1 rings (SSSR count). The quantitative estimate of drug-likeness (QED) is 0.562. The second-order valence-corrected chi connectivity index (χ2v) is 5.77. The number of ether oxygens (including phenoxy) is 1. The zero-order chi connectivity index (χ0) is 19.9. The summed E-state index contributed by atoms with van der Waals surface area (Å²) < 4.78 is 54.0. The SMILES string of the molecule is CC(C)[C@H](N)C(=O)NCC(=O)Nc1ccc(OCC(F)(F)C(F)F)nc1. The minimum absolute atomic E-state index is 0.0905. The van der Waals surface area contributed by atoms with E-state index < -0.39 is 36.8 Å². The zero-order valence-electron chi connectivity index (χ0n) is 14.1. The first-order valence-corrected chi connectivity index (χ1v) is 7.61. The van der Waals surface area contributed by atoms with E-state index in [4.69, 9.17) is 5.73 Å². The van der Waals surface area contributed by atoms with Crippen molar-refractivity contribution in [2.45, 2.75) is 32.2 Å². The van der Waals surface area contributed by atoms with Crippen LogP contribution in [0.4, 0.5) is 23.2 Å². The third-order valence-electron chi connectivity index (χ3n) is 3.20. The molecule has 0 bridgehead atoms. The number of halogens is 4. The topological polar surface area (TPSA) is 106 Å². The Hall–Kier alpha value is -2.43. The summed E-state index contributed by atoms with van der Waals surface area (Å²) >= 11 is 0. The molecule has 26 heavy (non-hydrogen) atoms. The van der Waals surface area contributed by atoms with Crippen LogP contribution in [0.2, 0.25) is 0 Å². The molecule has 0 saturated heterocycles. The van der Waals surface area contributed by atoms with Crippen LogP contribution in [-0.4, -0.2) is 48.3 Å². The Morgan fingerprint density at radius 3 is 2.46 bits per heavy atom. The molecule has 0 radical (unpaired) electrons. The number of hydrogen-bond acceptors (Lipinski definition) is 5. The first kappa shape index (κ1) is 21.6. The number of nitrogens with zero attached hydrogens (tertiary/aromatic N) is 1. The van der Waals surface area contributed by atoms with Gasteiger partial charge in [-0.15, -0.1) is 0 Å². The summed E-state index contributed by atoms with van der Waals surface area (Å²) in [4.78, 5) is 27.0. The molecular formula is C15H20F4N4O3. The maximum absolute atomic E-state index is 12.7. The van der Waals surface area contributed by atoms with Crippen molar-refractivity contribution in [3.05, 3.63) is 18.3 Å². The highest BCUT2D eigenvalue weighted by Gasteiger charge is 2.41. The third kappa shape index (κ3) is 6.82. The van der Waals surface area contributed by atoms with Gasteiger partial charge in [-0.2, -0.15) is 8.78 Å². The predicted octanol–water partition coefficient (Wildman–Crippen LogP) is 1.40. The first-order valence-electron chi connectivity index (χ1n) is 7.61. The number of aromatic nitrogens is 1. The fourth-order valence-corrected chi connectivity index (χ4v) is 1.57. The number of hydrogen-bond donors (Lipinski definition) is 3. The summed E-state index contributed by atoms with van der Waals surface area (Å²) in [5.74, 6) is -5.72. The van der Waals surface area contributed by atoms with Gasteiger partial charge in [-0.3, -0.25) is 9.59 Å². The van der Waals surface area contributed by atoms with E-state index in [1.165, 1.54) is 6.07 Å². The summed E-state index contributed by atoms with van der Waals surface area (Å²) in [6.45, 7) is 1.68. The van der Waals surface area contributed by atoms with Crippen LogP contribution in [0.5, 0.6) is 5.88 Å². The molecule has 1 heterocycles. The van der Waals surface area contributed by atoms with Gasteiger partial charge in [0.2, 0.25) is 17.7 Å². The average molecular weight is 380 g/mol. The molecule has 0 unspecified atom stereocenters. The maximum Gasteiger partial charge on any atom is 0.340 e. The maximum atomic E-state index is 12.7. The van der Waals surface area contributed by atoms with Crippen molar-refractivity contribution in [3.8, 4) is 5.88 Å². The molecule has 0 aliphatic rings. The van der Waals surface area contributed by atoms with Crippen LogP contribution in [0.25, 0.3) is 0 Å². The molecule has 0 aliphatic carbocycles. The zero-order valence-corrected chi connectivity index (χ0v) is 14.1. The van der Waals surface area contributed by atoms with Crippen LogP contribution in [0.15, 0.2) is 18.3 Å². The van der Waals surface area contributed by atoms with E-state index in [9.17, 15) is 27.2 Å². The van der Waals surface area contributed by atoms with E-state index in [0.717, 1.165) is 12.3 Å². The molecule has 0 spiro atoms. The Kier molecular flexibility index (Phi) is 7.75. The molecule has 0 aliphatic heterocycles. The molecular weight excluding hydrogens is 360 g/mol.